The van der Waals surface area contributed by atoms with Crippen molar-refractivity contribution in [2.24, 2.45) is 5.92 Å². The number of hydrogen-bond donors (Lipinski definition) is 1. The van der Waals surface area contributed by atoms with Crippen molar-refractivity contribution in [1.29, 1.82) is 0 Å². The summed E-state index contributed by atoms with van der Waals surface area (Å²) in [4.78, 5) is 11.2. The lowest BCUT2D eigenvalue weighted by Crippen LogP contribution is -2.42. The van der Waals surface area contributed by atoms with Gasteiger partial charge in [-0.05, 0) is 31.0 Å². The Morgan fingerprint density at radius 3 is 2.84 bits per heavy atom. The molecule has 0 amide bonds. The van der Waals surface area contributed by atoms with Crippen LogP contribution in [-0.2, 0) is 19.6 Å². The molecule has 1 aliphatic heterocycles. The number of carboxylic acids is 1. The van der Waals surface area contributed by atoms with Crippen LogP contribution in [0.25, 0.3) is 0 Å². The van der Waals surface area contributed by atoms with Gasteiger partial charge in [0.2, 0.25) is 10.0 Å². The Morgan fingerprint density at radius 1 is 1.40 bits per heavy atom. The SMILES string of the molecule is COCCCOc1ccc(Cl)cc1S(=O)(=O)N1CCCC(C(=O)O)C1. The van der Waals surface area contributed by atoms with Gasteiger partial charge in [0.25, 0.3) is 0 Å². The molecule has 1 heterocycles. The molecule has 140 valence electrons. The lowest BCUT2D eigenvalue weighted by Gasteiger charge is -2.30. The third-order valence-electron chi connectivity index (χ3n) is 4.01. The van der Waals surface area contributed by atoms with E-state index in [1.54, 1.807) is 13.2 Å². The first-order valence-electron chi connectivity index (χ1n) is 8.00. The van der Waals surface area contributed by atoms with E-state index in [1.165, 1.54) is 16.4 Å². The second-order valence-corrected chi connectivity index (χ2v) is 8.17. The molecule has 0 spiro atoms. The van der Waals surface area contributed by atoms with Crippen LogP contribution in [0.5, 0.6) is 5.75 Å². The van der Waals surface area contributed by atoms with Crippen LogP contribution >= 0.6 is 11.6 Å². The zero-order chi connectivity index (χ0) is 18.4. The molecule has 0 radical (unpaired) electrons. The molecule has 0 bridgehead atoms. The number of carboxylic acid groups (broad SMARTS) is 1. The van der Waals surface area contributed by atoms with E-state index >= 15 is 0 Å². The summed E-state index contributed by atoms with van der Waals surface area (Å²) in [7, 11) is -2.32. The number of rotatable bonds is 8. The number of nitrogens with zero attached hydrogens (tertiary/aromatic N) is 1. The fourth-order valence-corrected chi connectivity index (χ4v) is 4.61. The van der Waals surface area contributed by atoms with Gasteiger partial charge in [-0.15, -0.1) is 0 Å². The Hall–Kier alpha value is -1.35. The molecular formula is C16H22ClNO6S. The summed E-state index contributed by atoms with van der Waals surface area (Å²) in [6.07, 6.45) is 1.58. The van der Waals surface area contributed by atoms with Gasteiger partial charge >= 0.3 is 5.97 Å². The van der Waals surface area contributed by atoms with E-state index in [2.05, 4.69) is 0 Å². The molecule has 0 aliphatic carbocycles. The summed E-state index contributed by atoms with van der Waals surface area (Å²) in [6.45, 7) is 1.03. The average Bonchev–Trinajstić information content (AvgIpc) is 2.59. The number of ether oxygens (including phenoxy) is 2. The number of sulfonamides is 1. The Morgan fingerprint density at radius 2 is 2.16 bits per heavy atom. The first-order valence-corrected chi connectivity index (χ1v) is 9.82. The van der Waals surface area contributed by atoms with E-state index in [9.17, 15) is 18.3 Å². The largest absolute Gasteiger partial charge is 0.492 e. The molecule has 25 heavy (non-hydrogen) atoms. The maximum Gasteiger partial charge on any atom is 0.307 e. The summed E-state index contributed by atoms with van der Waals surface area (Å²) in [6, 6.07) is 4.41. The molecule has 1 aromatic carbocycles. The van der Waals surface area contributed by atoms with Crippen LogP contribution in [0.15, 0.2) is 23.1 Å². The van der Waals surface area contributed by atoms with Crippen molar-refractivity contribution in [2.75, 3.05) is 33.4 Å². The second-order valence-electron chi connectivity index (χ2n) is 5.83. The maximum atomic E-state index is 13.0. The molecule has 1 atom stereocenters. The molecule has 1 N–H and O–H groups in total. The minimum Gasteiger partial charge on any atom is -0.492 e. The number of benzene rings is 1. The van der Waals surface area contributed by atoms with Crippen LogP contribution in [0, 0.1) is 5.92 Å². The summed E-state index contributed by atoms with van der Waals surface area (Å²) in [5.41, 5.74) is 0. The molecule has 1 fully saturated rings. The number of hydrogen-bond acceptors (Lipinski definition) is 5. The fraction of sp³-hybridized carbons (Fsp3) is 0.562. The number of methoxy groups -OCH3 is 1. The van der Waals surface area contributed by atoms with Gasteiger partial charge in [-0.3, -0.25) is 4.79 Å². The monoisotopic (exact) mass is 391 g/mol. The van der Waals surface area contributed by atoms with Crippen molar-refractivity contribution >= 4 is 27.6 Å². The van der Waals surface area contributed by atoms with Gasteiger partial charge in [-0.25, -0.2) is 8.42 Å². The molecule has 9 heteroatoms. The molecule has 1 aliphatic rings. The van der Waals surface area contributed by atoms with E-state index in [0.717, 1.165) is 0 Å². The van der Waals surface area contributed by atoms with Crippen LogP contribution in [0.3, 0.4) is 0 Å². The van der Waals surface area contributed by atoms with Crippen LogP contribution in [0.2, 0.25) is 5.02 Å². The van der Waals surface area contributed by atoms with Crippen molar-refractivity contribution in [3.05, 3.63) is 23.2 Å². The number of halogens is 1. The van der Waals surface area contributed by atoms with E-state index in [4.69, 9.17) is 21.1 Å². The average molecular weight is 392 g/mol. The van der Waals surface area contributed by atoms with E-state index in [-0.39, 0.29) is 28.8 Å². The standard InChI is InChI=1S/C16H22ClNO6S/c1-23-8-3-9-24-14-6-5-13(17)10-15(14)25(21,22)18-7-2-4-12(11-18)16(19)20/h5-6,10,12H,2-4,7-9,11H2,1H3,(H,19,20). The lowest BCUT2D eigenvalue weighted by atomic mass is 10.0. The van der Waals surface area contributed by atoms with Crippen LogP contribution in [0.4, 0.5) is 0 Å². The summed E-state index contributed by atoms with van der Waals surface area (Å²) < 4.78 is 37.7. The minimum absolute atomic E-state index is 0.0385. The van der Waals surface area contributed by atoms with Crippen LogP contribution in [-0.4, -0.2) is 57.2 Å². The Labute approximate surface area is 152 Å². The van der Waals surface area contributed by atoms with Crippen LogP contribution < -0.4 is 4.74 Å². The minimum atomic E-state index is -3.90. The van der Waals surface area contributed by atoms with Gasteiger partial charge in [0.05, 0.1) is 12.5 Å². The van der Waals surface area contributed by atoms with Gasteiger partial charge < -0.3 is 14.6 Å². The number of carbonyl (C=O) groups is 1. The Kier molecular flexibility index (Phi) is 7.06. The molecule has 2 rings (SSSR count). The molecule has 0 aromatic heterocycles. The normalized spacial score (nSPS) is 18.9. The lowest BCUT2D eigenvalue weighted by molar-refractivity contribution is -0.142. The molecule has 0 saturated carbocycles. The highest BCUT2D eigenvalue weighted by Crippen LogP contribution is 2.32. The quantitative estimate of drug-likeness (QED) is 0.683. The molecule has 1 aromatic rings. The predicted octanol–water partition coefficient (Wildman–Crippen LogP) is 2.24. The highest BCUT2D eigenvalue weighted by Gasteiger charge is 2.35. The molecular weight excluding hydrogens is 370 g/mol. The van der Waals surface area contributed by atoms with Gasteiger partial charge in [0.15, 0.2) is 0 Å². The highest BCUT2D eigenvalue weighted by molar-refractivity contribution is 7.89. The zero-order valence-corrected chi connectivity index (χ0v) is 15.6. The summed E-state index contributed by atoms with van der Waals surface area (Å²) >= 11 is 5.97. The Balaban J connectivity index is 2.25. The van der Waals surface area contributed by atoms with Crippen molar-refractivity contribution in [1.82, 2.24) is 4.31 Å². The topological polar surface area (TPSA) is 93.1 Å². The fourth-order valence-electron chi connectivity index (χ4n) is 2.69. The van der Waals surface area contributed by atoms with E-state index < -0.39 is 21.9 Å². The second kappa shape index (κ2) is 8.84. The van der Waals surface area contributed by atoms with Crippen molar-refractivity contribution < 1.29 is 27.8 Å². The highest BCUT2D eigenvalue weighted by atomic mass is 35.5. The third kappa shape index (κ3) is 5.07. The van der Waals surface area contributed by atoms with Gasteiger partial charge in [0, 0.05) is 38.2 Å². The number of aliphatic carboxylic acids is 1. The molecule has 1 saturated heterocycles. The third-order valence-corrected chi connectivity index (χ3v) is 6.13. The molecule has 7 nitrogen and oxygen atoms in total. The van der Waals surface area contributed by atoms with Gasteiger partial charge in [0.1, 0.15) is 10.6 Å². The van der Waals surface area contributed by atoms with Gasteiger partial charge in [-0.2, -0.15) is 4.31 Å². The first kappa shape index (κ1) is 20.0. The molecule has 1 unspecified atom stereocenters. The van der Waals surface area contributed by atoms with E-state index in [0.29, 0.717) is 32.5 Å². The van der Waals surface area contributed by atoms with Crippen LogP contribution in [0.1, 0.15) is 19.3 Å². The van der Waals surface area contributed by atoms with Gasteiger partial charge in [-0.1, -0.05) is 11.6 Å². The van der Waals surface area contributed by atoms with Crippen molar-refractivity contribution in [2.45, 2.75) is 24.2 Å². The summed E-state index contributed by atoms with van der Waals surface area (Å²) in [5, 5.41) is 9.45. The zero-order valence-electron chi connectivity index (χ0n) is 14.0. The smallest absolute Gasteiger partial charge is 0.307 e. The number of piperidine rings is 1. The first-order chi connectivity index (χ1) is 11.9. The predicted molar refractivity (Wildman–Crippen MR) is 92.6 cm³/mol. The van der Waals surface area contributed by atoms with Crippen molar-refractivity contribution in [3.63, 3.8) is 0 Å². The van der Waals surface area contributed by atoms with E-state index in [1.807, 2.05) is 0 Å². The summed E-state index contributed by atoms with van der Waals surface area (Å²) in [5.74, 6) is -1.48. The van der Waals surface area contributed by atoms with Crippen molar-refractivity contribution in [3.8, 4) is 5.75 Å². The Bertz CT molecular complexity index is 709. The maximum absolute atomic E-state index is 13.0.